The molecule has 0 bridgehead atoms. The summed E-state index contributed by atoms with van der Waals surface area (Å²) in [6.45, 7) is 2.07. The number of carbonyl (C=O) groups is 1. The molecule has 2 N–H and O–H groups in total. The number of amides is 1. The van der Waals surface area contributed by atoms with E-state index in [9.17, 15) is 4.79 Å². The quantitative estimate of drug-likeness (QED) is 0.629. The zero-order valence-electron chi connectivity index (χ0n) is 14.6. The predicted octanol–water partition coefficient (Wildman–Crippen LogP) is 3.14. The molecule has 0 spiro atoms. The summed E-state index contributed by atoms with van der Waals surface area (Å²) < 4.78 is 5.10. The van der Waals surface area contributed by atoms with Crippen LogP contribution in [0.4, 0.5) is 5.69 Å². The van der Waals surface area contributed by atoms with E-state index in [1.54, 1.807) is 7.11 Å². The van der Waals surface area contributed by atoms with Gasteiger partial charge in [-0.2, -0.15) is 5.10 Å². The summed E-state index contributed by atoms with van der Waals surface area (Å²) in [5.41, 5.74) is 8.17. The van der Waals surface area contributed by atoms with Gasteiger partial charge >= 0.3 is 0 Å². The van der Waals surface area contributed by atoms with Gasteiger partial charge in [0.1, 0.15) is 5.75 Å². The number of methoxy groups -OCH3 is 1. The lowest BCUT2D eigenvalue weighted by Gasteiger charge is -2.08. The van der Waals surface area contributed by atoms with Gasteiger partial charge in [0.15, 0.2) is 0 Å². The minimum Gasteiger partial charge on any atom is -0.497 e. The van der Waals surface area contributed by atoms with Gasteiger partial charge in [0.05, 0.1) is 19.4 Å². The largest absolute Gasteiger partial charge is 0.497 e. The second-order valence-corrected chi connectivity index (χ2v) is 6.15. The summed E-state index contributed by atoms with van der Waals surface area (Å²) in [4.78, 5) is 12.0. The van der Waals surface area contributed by atoms with Crippen molar-refractivity contribution in [3.8, 4) is 5.75 Å². The molecule has 3 rings (SSSR count). The zero-order valence-corrected chi connectivity index (χ0v) is 14.6. The fourth-order valence-corrected chi connectivity index (χ4v) is 2.94. The van der Waals surface area contributed by atoms with Gasteiger partial charge in [-0.05, 0) is 73.2 Å². The van der Waals surface area contributed by atoms with Gasteiger partial charge in [-0.15, -0.1) is 0 Å². The van der Waals surface area contributed by atoms with E-state index in [-0.39, 0.29) is 12.5 Å². The number of carbonyl (C=O) groups excluding carboxylic acids is 1. The number of benzene rings is 2. The number of hydrogen-bond acceptors (Lipinski definition) is 4. The number of hydrogen-bond donors (Lipinski definition) is 2. The Bertz CT molecular complexity index is 782. The number of fused-ring (bicyclic) bond motifs is 1. The molecule has 2 aromatic carbocycles. The van der Waals surface area contributed by atoms with Crippen molar-refractivity contribution in [1.82, 2.24) is 5.43 Å². The highest BCUT2D eigenvalue weighted by Crippen LogP contribution is 2.23. The van der Waals surface area contributed by atoms with Crippen molar-refractivity contribution < 1.29 is 9.53 Å². The molecule has 130 valence electrons. The van der Waals surface area contributed by atoms with Crippen molar-refractivity contribution in [3.63, 3.8) is 0 Å². The molecule has 1 aliphatic carbocycles. The summed E-state index contributed by atoms with van der Waals surface area (Å²) in [7, 11) is 1.62. The van der Waals surface area contributed by atoms with E-state index in [4.69, 9.17) is 4.74 Å². The monoisotopic (exact) mass is 337 g/mol. The molecular weight excluding hydrogens is 314 g/mol. The van der Waals surface area contributed by atoms with Crippen LogP contribution in [0.1, 0.15) is 30.0 Å². The molecule has 0 saturated carbocycles. The Hall–Kier alpha value is -2.82. The summed E-state index contributed by atoms with van der Waals surface area (Å²) in [6.07, 6.45) is 3.52. The molecule has 0 unspecified atom stereocenters. The van der Waals surface area contributed by atoms with Crippen LogP contribution in [0.25, 0.3) is 0 Å². The minimum atomic E-state index is -0.184. The second-order valence-electron chi connectivity index (χ2n) is 6.15. The lowest BCUT2D eigenvalue weighted by molar-refractivity contribution is -0.119. The first-order valence-corrected chi connectivity index (χ1v) is 8.49. The molecular formula is C20H23N3O2. The minimum absolute atomic E-state index is 0.160. The Morgan fingerprint density at radius 3 is 2.64 bits per heavy atom. The maximum atomic E-state index is 12.0. The SMILES string of the molecule is COc1ccc(NCC(=O)N/N=C(/C)c2ccc3c(c2)CCC3)cc1. The smallest absolute Gasteiger partial charge is 0.259 e. The maximum Gasteiger partial charge on any atom is 0.259 e. The number of nitrogens with one attached hydrogen (secondary N) is 2. The van der Waals surface area contributed by atoms with Gasteiger partial charge in [0.25, 0.3) is 5.91 Å². The molecule has 0 aromatic heterocycles. The van der Waals surface area contributed by atoms with Gasteiger partial charge in [0.2, 0.25) is 0 Å². The van der Waals surface area contributed by atoms with E-state index in [0.29, 0.717) is 0 Å². The van der Waals surface area contributed by atoms with Crippen LogP contribution in [-0.2, 0) is 17.6 Å². The van der Waals surface area contributed by atoms with Crippen molar-refractivity contribution in [1.29, 1.82) is 0 Å². The molecule has 0 fully saturated rings. The number of nitrogens with zero attached hydrogens (tertiary/aromatic N) is 1. The highest BCUT2D eigenvalue weighted by Gasteiger charge is 2.11. The van der Waals surface area contributed by atoms with Crippen LogP contribution in [0.15, 0.2) is 47.6 Å². The molecule has 5 heteroatoms. The Kier molecular flexibility index (Phi) is 5.33. The van der Waals surface area contributed by atoms with Gasteiger partial charge in [-0.25, -0.2) is 5.43 Å². The predicted molar refractivity (Wildman–Crippen MR) is 100 cm³/mol. The number of ether oxygens (including phenoxy) is 1. The molecule has 1 amide bonds. The van der Waals surface area contributed by atoms with Crippen LogP contribution >= 0.6 is 0 Å². The van der Waals surface area contributed by atoms with E-state index in [0.717, 1.165) is 29.1 Å². The number of hydrazone groups is 1. The van der Waals surface area contributed by atoms with Gasteiger partial charge in [0, 0.05) is 5.69 Å². The molecule has 0 atom stereocenters. The third-order valence-electron chi connectivity index (χ3n) is 4.41. The summed E-state index contributed by atoms with van der Waals surface area (Å²) in [6, 6.07) is 13.8. The van der Waals surface area contributed by atoms with Crippen LogP contribution in [0, 0.1) is 0 Å². The highest BCUT2D eigenvalue weighted by atomic mass is 16.5. The fraction of sp³-hybridized carbons (Fsp3) is 0.300. The number of anilines is 1. The first-order valence-electron chi connectivity index (χ1n) is 8.49. The van der Waals surface area contributed by atoms with Crippen molar-refractivity contribution >= 4 is 17.3 Å². The third kappa shape index (κ3) is 4.38. The van der Waals surface area contributed by atoms with Crippen molar-refractivity contribution in [2.45, 2.75) is 26.2 Å². The number of rotatable bonds is 6. The Balaban J connectivity index is 1.52. The van der Waals surface area contributed by atoms with E-state index >= 15 is 0 Å². The molecule has 5 nitrogen and oxygen atoms in total. The Morgan fingerprint density at radius 2 is 1.88 bits per heavy atom. The lowest BCUT2D eigenvalue weighted by atomic mass is 10.0. The average Bonchev–Trinajstić information content (AvgIpc) is 3.12. The van der Waals surface area contributed by atoms with Gasteiger partial charge in [-0.3, -0.25) is 4.79 Å². The standard InChI is InChI=1S/C20H23N3O2/c1-14(16-7-6-15-4-3-5-17(15)12-16)22-23-20(24)13-21-18-8-10-19(25-2)11-9-18/h6-12,21H,3-5,13H2,1-2H3,(H,23,24)/b22-14-. The van der Waals surface area contributed by atoms with Crippen molar-refractivity contribution in [2.75, 3.05) is 19.0 Å². The second kappa shape index (κ2) is 7.83. The Morgan fingerprint density at radius 1 is 1.12 bits per heavy atom. The van der Waals surface area contributed by atoms with Gasteiger partial charge < -0.3 is 10.1 Å². The molecule has 0 aliphatic heterocycles. The molecule has 0 radical (unpaired) electrons. The van der Waals surface area contributed by atoms with E-state index in [1.807, 2.05) is 31.2 Å². The zero-order chi connectivity index (χ0) is 17.6. The average molecular weight is 337 g/mol. The normalized spacial score (nSPS) is 13.3. The fourth-order valence-electron chi connectivity index (χ4n) is 2.94. The van der Waals surface area contributed by atoms with Crippen LogP contribution in [0.3, 0.4) is 0 Å². The number of aryl methyl sites for hydroxylation is 2. The van der Waals surface area contributed by atoms with E-state index < -0.39 is 0 Å². The maximum absolute atomic E-state index is 12.0. The van der Waals surface area contributed by atoms with Gasteiger partial charge in [-0.1, -0.05) is 12.1 Å². The molecule has 0 saturated heterocycles. The highest BCUT2D eigenvalue weighted by molar-refractivity contribution is 5.99. The van der Waals surface area contributed by atoms with E-state index in [2.05, 4.69) is 34.0 Å². The lowest BCUT2D eigenvalue weighted by Crippen LogP contribution is -2.26. The third-order valence-corrected chi connectivity index (χ3v) is 4.41. The van der Waals surface area contributed by atoms with E-state index in [1.165, 1.54) is 24.0 Å². The van der Waals surface area contributed by atoms with Crippen molar-refractivity contribution in [3.05, 3.63) is 59.2 Å². The molecule has 25 heavy (non-hydrogen) atoms. The first-order chi connectivity index (χ1) is 12.2. The summed E-state index contributed by atoms with van der Waals surface area (Å²) in [5.74, 6) is 0.598. The van der Waals surface area contributed by atoms with Crippen LogP contribution < -0.4 is 15.5 Å². The molecule has 2 aromatic rings. The molecule has 1 aliphatic rings. The van der Waals surface area contributed by atoms with Crippen molar-refractivity contribution in [2.24, 2.45) is 5.10 Å². The molecule has 0 heterocycles. The first kappa shape index (κ1) is 17.0. The van der Waals surface area contributed by atoms with Crippen LogP contribution in [0.2, 0.25) is 0 Å². The Labute approximate surface area is 148 Å². The summed E-state index contributed by atoms with van der Waals surface area (Å²) in [5, 5.41) is 7.27. The summed E-state index contributed by atoms with van der Waals surface area (Å²) >= 11 is 0. The van der Waals surface area contributed by atoms with Crippen LogP contribution in [-0.4, -0.2) is 25.3 Å². The van der Waals surface area contributed by atoms with Crippen LogP contribution in [0.5, 0.6) is 5.75 Å². The topological polar surface area (TPSA) is 62.7 Å².